The molecule has 1 rings (SSSR count). The molecule has 0 bridgehead atoms. The van der Waals surface area contributed by atoms with E-state index in [-0.39, 0.29) is 12.1 Å². The maximum absolute atomic E-state index is 9.31. The van der Waals surface area contributed by atoms with Gasteiger partial charge in [0.25, 0.3) is 0 Å². The molecular weight excluding hydrogens is 128 g/mol. The van der Waals surface area contributed by atoms with Crippen molar-refractivity contribution in [2.45, 2.75) is 32.0 Å². The predicted octanol–water partition coefficient (Wildman–Crippen LogP) is -0.683. The van der Waals surface area contributed by atoms with Crippen LogP contribution in [0, 0.1) is 0 Å². The highest BCUT2D eigenvalue weighted by atomic mass is 16.3. The predicted molar refractivity (Wildman–Crippen MR) is 40.9 cm³/mol. The van der Waals surface area contributed by atoms with E-state index in [1.807, 2.05) is 0 Å². The minimum Gasteiger partial charge on any atom is -0.390 e. The van der Waals surface area contributed by atoms with Gasteiger partial charge < -0.3 is 15.7 Å². The van der Waals surface area contributed by atoms with E-state index in [0.29, 0.717) is 6.04 Å². The van der Waals surface area contributed by atoms with Crippen LogP contribution < -0.4 is 10.6 Å². The minimum absolute atomic E-state index is 0.206. The van der Waals surface area contributed by atoms with Gasteiger partial charge in [-0.25, -0.2) is 0 Å². The Hall–Kier alpha value is -0.120. The van der Waals surface area contributed by atoms with Crippen LogP contribution in [0.3, 0.4) is 0 Å². The normalized spacial score (nSPS) is 33.6. The summed E-state index contributed by atoms with van der Waals surface area (Å²) in [7, 11) is 0. The zero-order valence-corrected chi connectivity index (χ0v) is 6.59. The molecule has 0 aliphatic carbocycles. The van der Waals surface area contributed by atoms with Gasteiger partial charge in [0.1, 0.15) is 0 Å². The van der Waals surface area contributed by atoms with Gasteiger partial charge in [0, 0.05) is 25.2 Å². The average molecular weight is 144 g/mol. The summed E-state index contributed by atoms with van der Waals surface area (Å²) in [4.78, 5) is 0. The lowest BCUT2D eigenvalue weighted by Crippen LogP contribution is -2.42. The van der Waals surface area contributed by atoms with Gasteiger partial charge in [0.05, 0.1) is 6.10 Å². The van der Waals surface area contributed by atoms with Crippen LogP contribution in [0.2, 0.25) is 0 Å². The second-order valence-electron chi connectivity index (χ2n) is 3.15. The van der Waals surface area contributed by atoms with Gasteiger partial charge >= 0.3 is 0 Å². The maximum atomic E-state index is 9.31. The van der Waals surface area contributed by atoms with E-state index in [4.69, 9.17) is 0 Å². The molecule has 1 aliphatic heterocycles. The molecule has 1 saturated heterocycles. The standard InChI is InChI=1S/C7H16N2O/c1-5(2)9-6-3-8-4-7(6)10/h5-10H,3-4H2,1-2H3/t6-,7+/m1/s1. The van der Waals surface area contributed by atoms with E-state index < -0.39 is 0 Å². The summed E-state index contributed by atoms with van der Waals surface area (Å²) < 4.78 is 0. The van der Waals surface area contributed by atoms with E-state index in [9.17, 15) is 5.11 Å². The van der Waals surface area contributed by atoms with Crippen molar-refractivity contribution in [1.29, 1.82) is 0 Å². The van der Waals surface area contributed by atoms with Crippen molar-refractivity contribution >= 4 is 0 Å². The van der Waals surface area contributed by atoms with Gasteiger partial charge in [-0.3, -0.25) is 0 Å². The smallest absolute Gasteiger partial charge is 0.0829 e. The first-order valence-electron chi connectivity index (χ1n) is 3.85. The molecular formula is C7H16N2O. The second-order valence-corrected chi connectivity index (χ2v) is 3.15. The Kier molecular flexibility index (Phi) is 2.65. The Morgan fingerprint density at radius 3 is 2.60 bits per heavy atom. The molecule has 0 aromatic rings. The number of rotatable bonds is 2. The van der Waals surface area contributed by atoms with E-state index in [0.717, 1.165) is 13.1 Å². The van der Waals surface area contributed by atoms with Gasteiger partial charge in [-0.15, -0.1) is 0 Å². The number of β-amino-alcohol motifs (C(OH)–C–C–N with tert-alkyl or cyclic N) is 1. The Bertz CT molecular complexity index is 106. The molecule has 3 nitrogen and oxygen atoms in total. The fourth-order valence-corrected chi connectivity index (χ4v) is 1.26. The van der Waals surface area contributed by atoms with Crippen molar-refractivity contribution in [2.75, 3.05) is 13.1 Å². The average Bonchev–Trinajstić information content (AvgIpc) is 2.15. The molecule has 0 saturated carbocycles. The van der Waals surface area contributed by atoms with Crippen LogP contribution in [0.15, 0.2) is 0 Å². The lowest BCUT2D eigenvalue weighted by molar-refractivity contribution is 0.159. The van der Waals surface area contributed by atoms with Crippen molar-refractivity contribution < 1.29 is 5.11 Å². The lowest BCUT2D eigenvalue weighted by atomic mass is 10.2. The summed E-state index contributed by atoms with van der Waals surface area (Å²) >= 11 is 0. The Morgan fingerprint density at radius 2 is 2.20 bits per heavy atom. The minimum atomic E-state index is -0.206. The van der Waals surface area contributed by atoms with E-state index in [2.05, 4.69) is 24.5 Å². The summed E-state index contributed by atoms with van der Waals surface area (Å²) in [5.74, 6) is 0. The zero-order valence-electron chi connectivity index (χ0n) is 6.59. The van der Waals surface area contributed by atoms with Crippen LogP contribution >= 0.6 is 0 Å². The summed E-state index contributed by atoms with van der Waals surface area (Å²) in [6, 6.07) is 0.708. The third-order valence-corrected chi connectivity index (χ3v) is 1.73. The molecule has 2 atom stereocenters. The summed E-state index contributed by atoms with van der Waals surface area (Å²) in [5, 5.41) is 15.7. The molecule has 10 heavy (non-hydrogen) atoms. The van der Waals surface area contributed by atoms with Gasteiger partial charge in [-0.1, -0.05) is 13.8 Å². The number of nitrogens with one attached hydrogen (secondary N) is 2. The quantitative estimate of drug-likeness (QED) is 0.481. The molecule has 0 spiro atoms. The molecule has 0 radical (unpaired) electrons. The highest BCUT2D eigenvalue weighted by Gasteiger charge is 2.24. The second kappa shape index (κ2) is 3.32. The molecule has 3 heteroatoms. The third-order valence-electron chi connectivity index (χ3n) is 1.73. The molecule has 1 aliphatic rings. The van der Waals surface area contributed by atoms with Crippen molar-refractivity contribution in [3.05, 3.63) is 0 Å². The van der Waals surface area contributed by atoms with Gasteiger partial charge in [-0.05, 0) is 0 Å². The van der Waals surface area contributed by atoms with Crippen LogP contribution in [0.25, 0.3) is 0 Å². The molecule has 0 unspecified atom stereocenters. The largest absolute Gasteiger partial charge is 0.390 e. The van der Waals surface area contributed by atoms with Gasteiger partial charge in [0.15, 0.2) is 0 Å². The highest BCUT2D eigenvalue weighted by molar-refractivity contribution is 4.86. The van der Waals surface area contributed by atoms with Crippen LogP contribution in [0.5, 0.6) is 0 Å². The number of hydrogen-bond acceptors (Lipinski definition) is 3. The third kappa shape index (κ3) is 1.94. The summed E-state index contributed by atoms with van der Waals surface area (Å²) in [5.41, 5.74) is 0. The van der Waals surface area contributed by atoms with E-state index >= 15 is 0 Å². The van der Waals surface area contributed by atoms with Crippen LogP contribution in [-0.2, 0) is 0 Å². The molecule has 3 N–H and O–H groups in total. The maximum Gasteiger partial charge on any atom is 0.0829 e. The highest BCUT2D eigenvalue weighted by Crippen LogP contribution is 1.99. The van der Waals surface area contributed by atoms with Crippen molar-refractivity contribution in [2.24, 2.45) is 0 Å². The molecule has 60 valence electrons. The first-order chi connectivity index (χ1) is 4.70. The zero-order chi connectivity index (χ0) is 7.56. The molecule has 0 aromatic carbocycles. The first-order valence-corrected chi connectivity index (χ1v) is 3.85. The van der Waals surface area contributed by atoms with Crippen LogP contribution in [0.1, 0.15) is 13.8 Å². The monoisotopic (exact) mass is 144 g/mol. The summed E-state index contributed by atoms with van der Waals surface area (Å²) in [6.45, 7) is 5.79. The SMILES string of the molecule is CC(C)N[C@@H]1CNC[C@@H]1O. The number of aliphatic hydroxyl groups excluding tert-OH is 1. The van der Waals surface area contributed by atoms with Crippen molar-refractivity contribution in [1.82, 2.24) is 10.6 Å². The van der Waals surface area contributed by atoms with E-state index in [1.165, 1.54) is 0 Å². The van der Waals surface area contributed by atoms with Crippen LogP contribution in [-0.4, -0.2) is 36.4 Å². The van der Waals surface area contributed by atoms with Gasteiger partial charge in [-0.2, -0.15) is 0 Å². The first kappa shape index (κ1) is 7.98. The summed E-state index contributed by atoms with van der Waals surface area (Å²) in [6.07, 6.45) is -0.206. The van der Waals surface area contributed by atoms with E-state index in [1.54, 1.807) is 0 Å². The number of aliphatic hydroxyl groups is 1. The Morgan fingerprint density at radius 1 is 1.50 bits per heavy atom. The van der Waals surface area contributed by atoms with Crippen LogP contribution in [0.4, 0.5) is 0 Å². The Balaban J connectivity index is 2.26. The number of hydrogen-bond donors (Lipinski definition) is 3. The topological polar surface area (TPSA) is 44.3 Å². The molecule has 1 fully saturated rings. The lowest BCUT2D eigenvalue weighted by Gasteiger charge is -2.17. The molecule has 1 heterocycles. The Labute approximate surface area is 61.8 Å². The molecule has 0 amide bonds. The fourth-order valence-electron chi connectivity index (χ4n) is 1.26. The fraction of sp³-hybridized carbons (Fsp3) is 1.00. The van der Waals surface area contributed by atoms with Gasteiger partial charge in [0.2, 0.25) is 0 Å². The molecule has 0 aromatic heterocycles. The van der Waals surface area contributed by atoms with Crippen molar-refractivity contribution in [3.63, 3.8) is 0 Å². The van der Waals surface area contributed by atoms with Crippen molar-refractivity contribution in [3.8, 4) is 0 Å².